The van der Waals surface area contributed by atoms with E-state index in [1.54, 1.807) is 59.4 Å². The van der Waals surface area contributed by atoms with Gasteiger partial charge < -0.3 is 19.5 Å². The fourth-order valence-corrected chi connectivity index (χ4v) is 12.3. The smallest absolute Gasteiger partial charge is 0.387 e. The summed E-state index contributed by atoms with van der Waals surface area (Å²) in [6.07, 6.45) is 9.25. The molecule has 10 rings (SSSR count). The summed E-state index contributed by atoms with van der Waals surface area (Å²) in [6, 6.07) is 12.3. The molecule has 0 bridgehead atoms. The van der Waals surface area contributed by atoms with Gasteiger partial charge in [-0.15, -0.1) is 0 Å². The fraction of sp³-hybridized carbons (Fsp3) is 0.404. The van der Waals surface area contributed by atoms with Crippen LogP contribution in [0.1, 0.15) is 103 Å². The second kappa shape index (κ2) is 16.0. The predicted octanol–water partition coefficient (Wildman–Crippen LogP) is 6.83. The summed E-state index contributed by atoms with van der Waals surface area (Å²) >= 11 is 0. The van der Waals surface area contributed by atoms with Crippen LogP contribution in [-0.4, -0.2) is 88.6 Å². The van der Waals surface area contributed by atoms with Crippen LogP contribution in [0.25, 0.3) is 28.1 Å². The fourth-order valence-electron chi connectivity index (χ4n) is 10.2. The minimum absolute atomic E-state index is 0.253. The summed E-state index contributed by atoms with van der Waals surface area (Å²) in [5.41, 5.74) is 6.02. The third kappa shape index (κ3) is 6.84. The highest BCUT2D eigenvalue weighted by molar-refractivity contribution is 7.71. The van der Waals surface area contributed by atoms with E-state index in [4.69, 9.17) is 19.5 Å². The molecule has 338 valence electrons. The zero-order valence-electron chi connectivity index (χ0n) is 37.4. The maximum absolute atomic E-state index is 15.4. The largest absolute Gasteiger partial charge is 0.438 e. The van der Waals surface area contributed by atoms with E-state index in [1.807, 2.05) is 55.9 Å². The Hall–Kier alpha value is -6.32. The summed E-state index contributed by atoms with van der Waals surface area (Å²) in [5.74, 6) is -0.630. The molecular weight excluding hydrogens is 851 g/mol. The number of imidazole rings is 1. The topological polar surface area (TPSA) is 180 Å². The third-order valence-electron chi connectivity index (χ3n) is 14.0. The number of aromatic nitrogens is 8. The summed E-state index contributed by atoms with van der Waals surface area (Å²) in [5, 5.41) is 18.1. The monoisotopic (exact) mass is 902 g/mol. The van der Waals surface area contributed by atoms with Gasteiger partial charge in [-0.25, -0.2) is 18.5 Å². The number of benzene rings is 2. The van der Waals surface area contributed by atoms with E-state index in [0.717, 1.165) is 29.2 Å². The molecule has 1 aliphatic carbocycles. The lowest BCUT2D eigenvalue weighted by molar-refractivity contribution is 0.0635. The molecule has 1 amide bonds. The maximum Gasteiger partial charge on any atom is 0.438 e. The minimum atomic E-state index is -2.65. The lowest BCUT2D eigenvalue weighted by Crippen LogP contribution is -2.42. The van der Waals surface area contributed by atoms with Crippen molar-refractivity contribution in [3.63, 3.8) is 0 Å². The van der Waals surface area contributed by atoms with Crippen LogP contribution in [0.3, 0.4) is 0 Å². The molecule has 18 heteroatoms. The number of nitrogens with zero attached hydrogens (tertiary/aromatic N) is 8. The SMILES string of the molecule is CCP(=O)(CC)c1ccc(-n2ccn(-c3c(-c4cc(C)c(F)c(C)c4)nn4c3[C@H](C)N(C(=O)c3cc5cc(C6CCOCC6)cnn5c3C3(c5noc(=O)[nH]5)CC3)CC4)c2=O)cc1NC. The molecule has 2 aliphatic heterocycles. The van der Waals surface area contributed by atoms with Gasteiger partial charge in [0.2, 0.25) is 0 Å². The lowest BCUT2D eigenvalue weighted by Gasteiger charge is -2.35. The average Bonchev–Trinajstić information content (AvgIpc) is 3.60. The van der Waals surface area contributed by atoms with E-state index in [-0.39, 0.29) is 23.3 Å². The van der Waals surface area contributed by atoms with Crippen molar-refractivity contribution in [1.82, 2.24) is 43.6 Å². The van der Waals surface area contributed by atoms with Gasteiger partial charge in [-0.3, -0.25) is 28.1 Å². The highest BCUT2D eigenvalue weighted by atomic mass is 31.2. The number of nitrogens with one attached hydrogen (secondary N) is 2. The molecule has 2 fully saturated rings. The van der Waals surface area contributed by atoms with Gasteiger partial charge in [0.1, 0.15) is 24.3 Å². The van der Waals surface area contributed by atoms with Gasteiger partial charge >= 0.3 is 11.4 Å². The van der Waals surface area contributed by atoms with Crippen LogP contribution in [0, 0.1) is 19.7 Å². The zero-order chi connectivity index (χ0) is 45.5. The van der Waals surface area contributed by atoms with Crippen molar-refractivity contribution >= 4 is 29.6 Å². The number of anilines is 1. The van der Waals surface area contributed by atoms with E-state index in [0.29, 0.717) is 114 Å². The Morgan fingerprint density at radius 3 is 2.38 bits per heavy atom. The second-order valence-electron chi connectivity index (χ2n) is 17.6. The van der Waals surface area contributed by atoms with Crippen molar-refractivity contribution in [2.75, 3.05) is 44.4 Å². The van der Waals surface area contributed by atoms with Crippen LogP contribution in [0.4, 0.5) is 10.1 Å². The summed E-state index contributed by atoms with van der Waals surface area (Å²) in [7, 11) is -0.874. The normalized spacial score (nSPS) is 17.5. The Kier molecular flexibility index (Phi) is 10.5. The number of hydrogen-bond acceptors (Lipinski definition) is 10. The molecule has 0 unspecified atom stereocenters. The number of amides is 1. The lowest BCUT2D eigenvalue weighted by atomic mass is 9.93. The molecule has 0 radical (unpaired) electrons. The number of aryl methyl sites for hydroxylation is 2. The summed E-state index contributed by atoms with van der Waals surface area (Å²) in [4.78, 5) is 47.1. The Labute approximate surface area is 373 Å². The van der Waals surface area contributed by atoms with Gasteiger partial charge in [0.15, 0.2) is 5.82 Å². The Morgan fingerprint density at radius 1 is 1.00 bits per heavy atom. The zero-order valence-corrected chi connectivity index (χ0v) is 38.2. The standard InChI is InChI=1S/C47H52FN10O6P/c1-7-65(62,8-2)37-10-9-33(25-36(37)49-6)55-15-16-56(46(55)61)41-39(31-21-27(3)38(48)28(4)22-31)52-57-18-17-54(29(5)40(41)57)43(59)35-24-34-23-32(30-11-19-63-20-12-30)26-50-58(34)42(35)47(13-14-47)44-51-45(60)64-53-44/h9-10,15-16,21-26,29-30,49H,7-8,11-14,17-20H2,1-6H3,(H,51,53,60)/t29-/m0/s1. The number of rotatable bonds is 11. The molecule has 5 aromatic heterocycles. The number of hydrogen-bond donors (Lipinski definition) is 2. The molecule has 7 heterocycles. The number of H-pyrrole nitrogens is 1. The van der Waals surface area contributed by atoms with Gasteiger partial charge in [0.25, 0.3) is 5.91 Å². The molecule has 1 atom stereocenters. The van der Waals surface area contributed by atoms with E-state index >= 15 is 9.18 Å². The van der Waals surface area contributed by atoms with Gasteiger partial charge in [0, 0.05) is 68.1 Å². The molecule has 7 aromatic rings. The van der Waals surface area contributed by atoms with Crippen LogP contribution < -0.4 is 22.1 Å². The average molecular weight is 903 g/mol. The molecule has 65 heavy (non-hydrogen) atoms. The van der Waals surface area contributed by atoms with Crippen LogP contribution in [0.5, 0.6) is 0 Å². The van der Waals surface area contributed by atoms with Crippen LogP contribution in [0.2, 0.25) is 0 Å². The third-order valence-corrected chi connectivity index (χ3v) is 17.3. The number of fused-ring (bicyclic) bond motifs is 2. The predicted molar refractivity (Wildman–Crippen MR) is 244 cm³/mol. The number of carbonyl (C=O) groups excluding carboxylic acids is 1. The number of ether oxygens (including phenoxy) is 1. The molecule has 1 saturated carbocycles. The molecule has 1 saturated heterocycles. The van der Waals surface area contributed by atoms with E-state index in [9.17, 15) is 14.2 Å². The van der Waals surface area contributed by atoms with Crippen molar-refractivity contribution in [2.24, 2.45) is 0 Å². The van der Waals surface area contributed by atoms with Crippen molar-refractivity contribution in [3.05, 3.63) is 127 Å². The minimum Gasteiger partial charge on any atom is -0.387 e. The quantitative estimate of drug-likeness (QED) is 0.131. The van der Waals surface area contributed by atoms with Gasteiger partial charge in [-0.2, -0.15) is 10.2 Å². The van der Waals surface area contributed by atoms with Gasteiger partial charge in [-0.05, 0) is 112 Å². The molecule has 16 nitrogen and oxygen atoms in total. The molecule has 3 aliphatic rings. The highest BCUT2D eigenvalue weighted by Crippen LogP contribution is 2.54. The first-order valence-electron chi connectivity index (χ1n) is 22.4. The van der Waals surface area contributed by atoms with E-state index in [2.05, 4.69) is 21.5 Å². The molecule has 2 aromatic carbocycles. The first kappa shape index (κ1) is 42.6. The first-order valence-corrected chi connectivity index (χ1v) is 24.4. The Bertz CT molecular complexity index is 3170. The summed E-state index contributed by atoms with van der Waals surface area (Å²) < 4.78 is 46.3. The number of carbonyl (C=O) groups is 1. The molecular formula is C47H52FN10O6P. The van der Waals surface area contributed by atoms with E-state index < -0.39 is 24.4 Å². The first-order chi connectivity index (χ1) is 31.3. The second-order valence-corrected chi connectivity index (χ2v) is 21.2. The van der Waals surface area contributed by atoms with Crippen molar-refractivity contribution in [3.8, 4) is 22.6 Å². The van der Waals surface area contributed by atoms with Crippen molar-refractivity contribution < 1.29 is 23.0 Å². The van der Waals surface area contributed by atoms with Crippen molar-refractivity contribution in [1.29, 1.82) is 0 Å². The van der Waals surface area contributed by atoms with Crippen molar-refractivity contribution in [2.45, 2.75) is 84.2 Å². The van der Waals surface area contributed by atoms with Gasteiger partial charge in [0.05, 0.1) is 52.4 Å². The summed E-state index contributed by atoms with van der Waals surface area (Å²) in [6.45, 7) is 11.1. The van der Waals surface area contributed by atoms with Crippen LogP contribution >= 0.6 is 7.14 Å². The number of aromatic amines is 1. The molecule has 2 N–H and O–H groups in total. The highest BCUT2D eigenvalue weighted by Gasteiger charge is 2.54. The van der Waals surface area contributed by atoms with Crippen LogP contribution in [-0.2, 0) is 21.3 Å². The molecule has 0 spiro atoms. The van der Waals surface area contributed by atoms with E-state index in [1.165, 1.54) is 4.57 Å². The van der Waals surface area contributed by atoms with Gasteiger partial charge in [-0.1, -0.05) is 19.0 Å². The van der Waals surface area contributed by atoms with Crippen LogP contribution in [0.15, 0.2) is 75.2 Å². The Balaban J connectivity index is 1.10. The number of halogens is 1. The Morgan fingerprint density at radius 2 is 1.72 bits per heavy atom. The maximum atomic E-state index is 15.4.